The Labute approximate surface area is 109 Å². The summed E-state index contributed by atoms with van der Waals surface area (Å²) < 4.78 is 31.1. The molecule has 0 saturated carbocycles. The minimum absolute atomic E-state index is 0.0761. The van der Waals surface area contributed by atoms with Crippen molar-refractivity contribution in [3.05, 3.63) is 40.3 Å². The molecule has 6 nitrogen and oxygen atoms in total. The molecule has 1 amide bonds. The first kappa shape index (κ1) is 13.4. The van der Waals surface area contributed by atoms with Gasteiger partial charge in [-0.15, -0.1) is 0 Å². The first-order valence-corrected chi connectivity index (χ1v) is 6.84. The summed E-state index contributed by atoms with van der Waals surface area (Å²) in [7, 11) is -4.38. The van der Waals surface area contributed by atoms with Gasteiger partial charge in [0, 0.05) is 30.7 Å². The normalized spacial score (nSPS) is 14.6. The fraction of sp³-hybridized carbons (Fsp3) is 0.167. The Morgan fingerprint density at radius 1 is 1.37 bits per heavy atom. The summed E-state index contributed by atoms with van der Waals surface area (Å²) in [6, 6.07) is 4.59. The Morgan fingerprint density at radius 3 is 2.63 bits per heavy atom. The Bertz CT molecular complexity index is 703. The van der Waals surface area contributed by atoms with E-state index in [4.69, 9.17) is 4.55 Å². The van der Waals surface area contributed by atoms with Crippen molar-refractivity contribution in [2.45, 2.75) is 13.3 Å². The lowest BCUT2D eigenvalue weighted by molar-refractivity contribution is -0.114. The minimum Gasteiger partial charge on any atom is -0.326 e. The smallest absolute Gasteiger partial charge is 0.291 e. The van der Waals surface area contributed by atoms with Crippen molar-refractivity contribution >= 4 is 27.5 Å². The van der Waals surface area contributed by atoms with Crippen LogP contribution in [0.5, 0.6) is 0 Å². The summed E-state index contributed by atoms with van der Waals surface area (Å²) in [4.78, 5) is 22.3. The van der Waals surface area contributed by atoms with E-state index >= 15 is 0 Å². The van der Waals surface area contributed by atoms with E-state index in [1.54, 1.807) is 6.07 Å². The second-order valence-corrected chi connectivity index (χ2v) is 5.65. The topological polar surface area (TPSA) is 101 Å². The molecule has 100 valence electrons. The molecule has 1 aliphatic rings. The van der Waals surface area contributed by atoms with Crippen LogP contribution in [-0.2, 0) is 21.3 Å². The Balaban J connectivity index is 2.44. The molecule has 2 rings (SSSR count). The van der Waals surface area contributed by atoms with Crippen molar-refractivity contribution in [2.24, 2.45) is 0 Å². The molecule has 0 saturated heterocycles. The zero-order chi connectivity index (χ0) is 14.2. The number of rotatable bonds is 2. The summed E-state index contributed by atoms with van der Waals surface area (Å²) in [5.74, 6) is -0.754. The van der Waals surface area contributed by atoms with Crippen molar-refractivity contribution in [3.63, 3.8) is 0 Å². The van der Waals surface area contributed by atoms with Crippen molar-refractivity contribution in [1.82, 2.24) is 0 Å². The van der Waals surface area contributed by atoms with Crippen LogP contribution in [0.3, 0.4) is 0 Å². The molecule has 0 bridgehead atoms. The zero-order valence-electron chi connectivity index (χ0n) is 10.0. The SMILES string of the molecule is CC(=O)Nc1ccc2c(c1)CC(S(=O)(=O)O)=CC2=O. The standard InChI is InChI=1S/C12H11NO5S/c1-7(14)13-9-2-3-11-8(4-9)5-10(6-12(11)15)19(16,17)18/h2-4,6H,5H2,1H3,(H,13,14)(H,16,17,18). The summed E-state index contributed by atoms with van der Waals surface area (Å²) in [6.07, 6.45) is 0.836. The first-order chi connectivity index (χ1) is 8.77. The number of allylic oxidation sites excluding steroid dienone is 2. The molecule has 1 aliphatic carbocycles. The number of hydrogen-bond donors (Lipinski definition) is 2. The molecule has 0 radical (unpaired) electrons. The van der Waals surface area contributed by atoms with Crippen molar-refractivity contribution in [1.29, 1.82) is 0 Å². The highest BCUT2D eigenvalue weighted by Gasteiger charge is 2.24. The number of benzene rings is 1. The van der Waals surface area contributed by atoms with Crippen molar-refractivity contribution in [2.75, 3.05) is 5.32 Å². The summed E-state index contributed by atoms with van der Waals surface area (Å²) in [5, 5.41) is 2.54. The van der Waals surface area contributed by atoms with Gasteiger partial charge in [0.05, 0.1) is 4.91 Å². The van der Waals surface area contributed by atoms with Crippen molar-refractivity contribution in [3.8, 4) is 0 Å². The number of amides is 1. The van der Waals surface area contributed by atoms with Gasteiger partial charge in [0.2, 0.25) is 5.91 Å². The Morgan fingerprint density at radius 2 is 2.05 bits per heavy atom. The van der Waals surface area contributed by atoms with Gasteiger partial charge < -0.3 is 5.32 Å². The lowest BCUT2D eigenvalue weighted by Crippen LogP contribution is -2.16. The van der Waals surface area contributed by atoms with Gasteiger partial charge in [-0.3, -0.25) is 14.1 Å². The largest absolute Gasteiger partial charge is 0.326 e. The van der Waals surface area contributed by atoms with Crippen LogP contribution >= 0.6 is 0 Å². The van der Waals surface area contributed by atoms with Crippen LogP contribution in [0.1, 0.15) is 22.8 Å². The van der Waals surface area contributed by atoms with Gasteiger partial charge in [0.15, 0.2) is 5.78 Å². The third kappa shape index (κ3) is 2.88. The molecule has 0 atom stereocenters. The molecule has 19 heavy (non-hydrogen) atoms. The van der Waals surface area contributed by atoms with E-state index in [9.17, 15) is 18.0 Å². The van der Waals surface area contributed by atoms with E-state index in [1.165, 1.54) is 19.1 Å². The van der Waals surface area contributed by atoms with Gasteiger partial charge in [0.25, 0.3) is 10.1 Å². The molecule has 0 spiro atoms. The van der Waals surface area contributed by atoms with Crippen LogP contribution in [0.4, 0.5) is 5.69 Å². The number of ketones is 1. The Kier molecular flexibility index (Phi) is 3.25. The quantitative estimate of drug-likeness (QED) is 0.792. The summed E-state index contributed by atoms with van der Waals surface area (Å²) in [5.41, 5.74) is 1.28. The zero-order valence-corrected chi connectivity index (χ0v) is 10.8. The molecule has 7 heteroatoms. The van der Waals surface area contributed by atoms with Gasteiger partial charge in [-0.05, 0) is 23.8 Å². The van der Waals surface area contributed by atoms with E-state index in [-0.39, 0.29) is 17.2 Å². The van der Waals surface area contributed by atoms with Crippen LogP contribution in [0.2, 0.25) is 0 Å². The maximum Gasteiger partial charge on any atom is 0.291 e. The first-order valence-electron chi connectivity index (χ1n) is 5.40. The van der Waals surface area contributed by atoms with Crippen LogP contribution in [0, 0.1) is 0 Å². The second-order valence-electron chi connectivity index (χ2n) is 4.18. The molecule has 0 aromatic heterocycles. The number of carbonyl (C=O) groups excluding carboxylic acids is 2. The second kappa shape index (κ2) is 4.60. The summed E-state index contributed by atoms with van der Waals surface area (Å²) >= 11 is 0. The fourth-order valence-corrected chi connectivity index (χ4v) is 2.48. The highest BCUT2D eigenvalue weighted by molar-refractivity contribution is 7.89. The van der Waals surface area contributed by atoms with Crippen molar-refractivity contribution < 1.29 is 22.6 Å². The van der Waals surface area contributed by atoms with E-state index in [1.807, 2.05) is 0 Å². The number of fused-ring (bicyclic) bond motifs is 1. The number of anilines is 1. The molecule has 0 heterocycles. The lowest BCUT2D eigenvalue weighted by Gasteiger charge is -2.15. The van der Waals surface area contributed by atoms with E-state index in [2.05, 4.69) is 5.32 Å². The molecule has 0 unspecified atom stereocenters. The minimum atomic E-state index is -4.38. The molecule has 0 fully saturated rings. The Hall–Kier alpha value is -1.99. The predicted octanol–water partition coefficient (Wildman–Crippen LogP) is 1.16. The highest BCUT2D eigenvalue weighted by Crippen LogP contribution is 2.26. The number of hydrogen-bond acceptors (Lipinski definition) is 4. The van der Waals surface area contributed by atoms with E-state index in [0.29, 0.717) is 16.8 Å². The molecule has 1 aromatic carbocycles. The van der Waals surface area contributed by atoms with Gasteiger partial charge in [-0.1, -0.05) is 0 Å². The van der Waals surface area contributed by atoms with Crippen LogP contribution in [-0.4, -0.2) is 24.7 Å². The average Bonchev–Trinajstić information content (AvgIpc) is 2.26. The molecular formula is C12H11NO5S. The predicted molar refractivity (Wildman–Crippen MR) is 68.4 cm³/mol. The van der Waals surface area contributed by atoms with Crippen LogP contribution in [0.15, 0.2) is 29.2 Å². The lowest BCUT2D eigenvalue weighted by atomic mass is 9.95. The monoisotopic (exact) mass is 281 g/mol. The van der Waals surface area contributed by atoms with Gasteiger partial charge in [-0.2, -0.15) is 8.42 Å². The molecule has 2 N–H and O–H groups in total. The maximum absolute atomic E-state index is 11.7. The average molecular weight is 281 g/mol. The number of nitrogens with one attached hydrogen (secondary N) is 1. The van der Waals surface area contributed by atoms with Gasteiger partial charge in [0.1, 0.15) is 0 Å². The fourth-order valence-electron chi connectivity index (χ4n) is 1.89. The third-order valence-electron chi connectivity index (χ3n) is 2.68. The maximum atomic E-state index is 11.7. The van der Waals surface area contributed by atoms with E-state index < -0.39 is 15.9 Å². The molecule has 1 aromatic rings. The van der Waals surface area contributed by atoms with Crippen LogP contribution in [0.25, 0.3) is 0 Å². The summed E-state index contributed by atoms with van der Waals surface area (Å²) in [6.45, 7) is 1.34. The molecular weight excluding hydrogens is 270 g/mol. The van der Waals surface area contributed by atoms with E-state index in [0.717, 1.165) is 6.08 Å². The van der Waals surface area contributed by atoms with Crippen LogP contribution < -0.4 is 5.32 Å². The highest BCUT2D eigenvalue weighted by atomic mass is 32.2. The van der Waals surface area contributed by atoms with Gasteiger partial charge in [-0.25, -0.2) is 0 Å². The van der Waals surface area contributed by atoms with Gasteiger partial charge >= 0.3 is 0 Å². The molecule has 0 aliphatic heterocycles. The third-order valence-corrected chi connectivity index (χ3v) is 3.60. The number of carbonyl (C=O) groups is 2.